The van der Waals surface area contributed by atoms with Crippen LogP contribution in [0.1, 0.15) is 15.9 Å². The maximum Gasteiger partial charge on any atom is 0.335 e. The van der Waals surface area contributed by atoms with Gasteiger partial charge in [-0.25, -0.2) is 4.79 Å². The summed E-state index contributed by atoms with van der Waals surface area (Å²) in [7, 11) is 1.67. The average molecular weight is 370 g/mol. The minimum absolute atomic E-state index is 0.174. The number of carbonyl (C=O) groups is 1. The highest BCUT2D eigenvalue weighted by Gasteiger charge is 2.23. The molecule has 0 aromatic heterocycles. The number of nitrogens with one attached hydrogen (secondary N) is 1. The fourth-order valence-corrected chi connectivity index (χ4v) is 3.31. The highest BCUT2D eigenvalue weighted by molar-refractivity contribution is 5.88. The molecule has 1 unspecified atom stereocenters. The zero-order chi connectivity index (χ0) is 19.1. The van der Waals surface area contributed by atoms with Crippen LogP contribution in [-0.4, -0.2) is 57.1 Å². The summed E-state index contributed by atoms with van der Waals surface area (Å²) in [5, 5.41) is 12.7. The predicted molar refractivity (Wildman–Crippen MR) is 105 cm³/mol. The summed E-state index contributed by atoms with van der Waals surface area (Å²) in [5.41, 5.74) is 2.47. The van der Waals surface area contributed by atoms with Gasteiger partial charge in [0.15, 0.2) is 0 Å². The zero-order valence-electron chi connectivity index (χ0n) is 15.6. The smallest absolute Gasteiger partial charge is 0.335 e. The van der Waals surface area contributed by atoms with Crippen molar-refractivity contribution in [3.8, 4) is 5.75 Å². The first-order valence-corrected chi connectivity index (χ1v) is 9.19. The summed E-state index contributed by atoms with van der Waals surface area (Å²) in [4.78, 5) is 13.5. The SMILES string of the molecule is COc1cccc(CCNCC2COCCN2c2cccc(C(=O)O)c2)c1. The Morgan fingerprint density at radius 1 is 1.30 bits per heavy atom. The van der Waals surface area contributed by atoms with Crippen LogP contribution in [0.25, 0.3) is 0 Å². The molecule has 2 aromatic rings. The van der Waals surface area contributed by atoms with Crippen LogP contribution in [0, 0.1) is 0 Å². The molecule has 1 fully saturated rings. The van der Waals surface area contributed by atoms with Gasteiger partial charge in [-0.3, -0.25) is 0 Å². The first kappa shape index (κ1) is 19.2. The van der Waals surface area contributed by atoms with Gasteiger partial charge in [0, 0.05) is 18.8 Å². The second kappa shape index (κ2) is 9.39. The van der Waals surface area contributed by atoms with E-state index in [-0.39, 0.29) is 6.04 Å². The number of ether oxygens (including phenoxy) is 2. The number of aromatic carboxylic acids is 1. The largest absolute Gasteiger partial charge is 0.497 e. The summed E-state index contributed by atoms with van der Waals surface area (Å²) in [6.45, 7) is 3.67. The van der Waals surface area contributed by atoms with E-state index < -0.39 is 5.97 Å². The molecule has 0 amide bonds. The van der Waals surface area contributed by atoms with E-state index in [0.717, 1.165) is 37.5 Å². The van der Waals surface area contributed by atoms with Gasteiger partial charge in [0.25, 0.3) is 0 Å². The highest BCUT2D eigenvalue weighted by atomic mass is 16.5. The third-order valence-electron chi connectivity index (χ3n) is 4.76. The summed E-state index contributed by atoms with van der Waals surface area (Å²) in [6, 6.07) is 15.4. The van der Waals surface area contributed by atoms with Gasteiger partial charge in [0.2, 0.25) is 0 Å². The molecule has 1 aliphatic heterocycles. The molecule has 0 aliphatic carbocycles. The molecular weight excluding hydrogens is 344 g/mol. The molecule has 1 heterocycles. The molecule has 6 heteroatoms. The number of methoxy groups -OCH3 is 1. The van der Waals surface area contributed by atoms with Crippen LogP contribution in [0.5, 0.6) is 5.75 Å². The third kappa shape index (κ3) is 5.21. The van der Waals surface area contributed by atoms with Crippen molar-refractivity contribution in [2.45, 2.75) is 12.5 Å². The van der Waals surface area contributed by atoms with Crippen molar-refractivity contribution in [1.82, 2.24) is 5.32 Å². The first-order valence-electron chi connectivity index (χ1n) is 9.19. The number of hydrogen-bond donors (Lipinski definition) is 2. The van der Waals surface area contributed by atoms with Crippen molar-refractivity contribution in [1.29, 1.82) is 0 Å². The van der Waals surface area contributed by atoms with Crippen molar-refractivity contribution in [2.75, 3.05) is 44.9 Å². The number of carboxylic acid groups (broad SMARTS) is 1. The molecule has 1 atom stereocenters. The lowest BCUT2D eigenvalue weighted by atomic mass is 10.1. The Morgan fingerprint density at radius 3 is 2.96 bits per heavy atom. The van der Waals surface area contributed by atoms with Crippen molar-refractivity contribution >= 4 is 11.7 Å². The maximum absolute atomic E-state index is 11.2. The van der Waals surface area contributed by atoms with E-state index in [2.05, 4.69) is 22.3 Å². The molecule has 1 aliphatic rings. The summed E-state index contributed by atoms with van der Waals surface area (Å²) in [6.07, 6.45) is 0.916. The van der Waals surface area contributed by atoms with Crippen LogP contribution in [0.2, 0.25) is 0 Å². The van der Waals surface area contributed by atoms with Gasteiger partial charge in [-0.2, -0.15) is 0 Å². The number of carboxylic acids is 1. The quantitative estimate of drug-likeness (QED) is 0.696. The predicted octanol–water partition coefficient (Wildman–Crippen LogP) is 2.43. The number of nitrogens with zero attached hydrogens (tertiary/aromatic N) is 1. The molecule has 3 rings (SSSR count). The van der Waals surface area contributed by atoms with Gasteiger partial charge in [-0.1, -0.05) is 18.2 Å². The number of rotatable bonds is 8. The Balaban J connectivity index is 1.56. The monoisotopic (exact) mass is 370 g/mol. The molecule has 144 valence electrons. The molecule has 27 heavy (non-hydrogen) atoms. The molecule has 6 nitrogen and oxygen atoms in total. The van der Waals surface area contributed by atoms with Gasteiger partial charge in [0.05, 0.1) is 31.9 Å². The van der Waals surface area contributed by atoms with Crippen LogP contribution in [0.15, 0.2) is 48.5 Å². The Bertz CT molecular complexity index is 765. The van der Waals surface area contributed by atoms with Crippen molar-refractivity contribution < 1.29 is 19.4 Å². The van der Waals surface area contributed by atoms with Crippen LogP contribution in [0.4, 0.5) is 5.69 Å². The summed E-state index contributed by atoms with van der Waals surface area (Å²) in [5.74, 6) is -0.0317. The number of morpholine rings is 1. The summed E-state index contributed by atoms with van der Waals surface area (Å²) < 4.78 is 10.9. The Labute approximate surface area is 159 Å². The van der Waals surface area contributed by atoms with Crippen molar-refractivity contribution in [2.24, 2.45) is 0 Å². The van der Waals surface area contributed by atoms with E-state index in [1.807, 2.05) is 18.2 Å². The molecule has 0 spiro atoms. The second-order valence-electron chi connectivity index (χ2n) is 6.58. The fourth-order valence-electron chi connectivity index (χ4n) is 3.31. The minimum atomic E-state index is -0.905. The summed E-state index contributed by atoms with van der Waals surface area (Å²) >= 11 is 0. The van der Waals surface area contributed by atoms with Gasteiger partial charge >= 0.3 is 5.97 Å². The molecule has 0 radical (unpaired) electrons. The molecule has 0 bridgehead atoms. The molecule has 2 N–H and O–H groups in total. The normalized spacial score (nSPS) is 16.9. The number of benzene rings is 2. The Morgan fingerprint density at radius 2 is 2.15 bits per heavy atom. The topological polar surface area (TPSA) is 71.0 Å². The fraction of sp³-hybridized carbons (Fsp3) is 0.381. The van der Waals surface area contributed by atoms with Crippen molar-refractivity contribution in [3.63, 3.8) is 0 Å². The molecular formula is C21H26N2O4. The van der Waals surface area contributed by atoms with Gasteiger partial charge in [0.1, 0.15) is 5.75 Å². The van der Waals surface area contributed by atoms with Gasteiger partial charge < -0.3 is 24.8 Å². The molecule has 1 saturated heterocycles. The lowest BCUT2D eigenvalue weighted by Gasteiger charge is -2.37. The van der Waals surface area contributed by atoms with E-state index in [0.29, 0.717) is 18.8 Å². The third-order valence-corrected chi connectivity index (χ3v) is 4.76. The second-order valence-corrected chi connectivity index (χ2v) is 6.58. The van der Waals surface area contributed by atoms with Crippen LogP contribution in [0.3, 0.4) is 0 Å². The molecule has 0 saturated carbocycles. The number of hydrogen-bond acceptors (Lipinski definition) is 5. The zero-order valence-corrected chi connectivity index (χ0v) is 15.6. The van der Waals surface area contributed by atoms with Crippen LogP contribution >= 0.6 is 0 Å². The highest BCUT2D eigenvalue weighted by Crippen LogP contribution is 2.21. The van der Waals surface area contributed by atoms with Crippen molar-refractivity contribution in [3.05, 3.63) is 59.7 Å². The van der Waals surface area contributed by atoms with E-state index >= 15 is 0 Å². The average Bonchev–Trinajstić information content (AvgIpc) is 2.72. The van der Waals surface area contributed by atoms with Gasteiger partial charge in [-0.15, -0.1) is 0 Å². The van der Waals surface area contributed by atoms with Crippen LogP contribution < -0.4 is 15.0 Å². The maximum atomic E-state index is 11.2. The first-order chi connectivity index (χ1) is 13.2. The molecule has 2 aromatic carbocycles. The van der Waals surface area contributed by atoms with Gasteiger partial charge in [-0.05, 0) is 48.9 Å². The van der Waals surface area contributed by atoms with E-state index in [4.69, 9.17) is 9.47 Å². The van der Waals surface area contributed by atoms with E-state index in [9.17, 15) is 9.90 Å². The minimum Gasteiger partial charge on any atom is -0.497 e. The Kier molecular flexibility index (Phi) is 6.68. The standard InChI is InChI=1S/C21H26N2O4/c1-26-20-7-2-4-16(12-20)8-9-22-14-19-15-27-11-10-23(19)18-6-3-5-17(13-18)21(24)25/h2-7,12-13,19,22H,8-11,14-15H2,1H3,(H,24,25). The lowest BCUT2D eigenvalue weighted by Crippen LogP contribution is -2.50. The Hall–Kier alpha value is -2.57. The van der Waals surface area contributed by atoms with E-state index in [1.54, 1.807) is 25.3 Å². The lowest BCUT2D eigenvalue weighted by molar-refractivity contribution is 0.0697. The van der Waals surface area contributed by atoms with Crippen LogP contribution in [-0.2, 0) is 11.2 Å². The number of anilines is 1. The van der Waals surface area contributed by atoms with E-state index in [1.165, 1.54) is 5.56 Å².